The van der Waals surface area contributed by atoms with Gasteiger partial charge in [-0.05, 0) is 29.3 Å². The van der Waals surface area contributed by atoms with E-state index in [2.05, 4.69) is 66.9 Å². The molecule has 0 aliphatic rings. The molecule has 4 aromatic rings. The molecule has 0 saturated carbocycles. The van der Waals surface area contributed by atoms with Crippen LogP contribution in [-0.2, 0) is 12.8 Å². The van der Waals surface area contributed by atoms with Crippen LogP contribution in [0.1, 0.15) is 25.1 Å². The quantitative estimate of drug-likeness (QED) is 0.374. The number of aromatic nitrogens is 1. The second-order valence-electron chi connectivity index (χ2n) is 5.42. The Kier molecular flexibility index (Phi) is 2.43. The number of rotatable bonds is 2. The van der Waals surface area contributed by atoms with Gasteiger partial charge in [0.15, 0.2) is 11.9 Å². The van der Waals surface area contributed by atoms with Crippen LogP contribution < -0.4 is 4.40 Å². The Hall–Kier alpha value is -2.15. The maximum Gasteiger partial charge on any atom is 0.226 e. The van der Waals surface area contributed by atoms with Gasteiger partial charge in [0.1, 0.15) is 0 Å². The van der Waals surface area contributed by atoms with E-state index in [1.165, 1.54) is 38.3 Å². The second-order valence-corrected chi connectivity index (χ2v) is 5.42. The first-order valence-electron chi connectivity index (χ1n) is 7.44. The molecule has 1 nitrogen and oxygen atoms in total. The molecule has 0 aliphatic heterocycles. The Balaban J connectivity index is 2.43. The van der Waals surface area contributed by atoms with E-state index >= 15 is 0 Å². The molecule has 2 aromatic carbocycles. The van der Waals surface area contributed by atoms with E-state index < -0.39 is 0 Å². The van der Waals surface area contributed by atoms with Crippen LogP contribution >= 0.6 is 0 Å². The first kappa shape index (κ1) is 11.7. The molecule has 98 valence electrons. The van der Waals surface area contributed by atoms with Crippen molar-refractivity contribution in [2.45, 2.75) is 26.7 Å². The zero-order valence-electron chi connectivity index (χ0n) is 12.0. The number of nitrogens with zero attached hydrogens (tertiary/aromatic N) is 1. The normalized spacial score (nSPS) is 11.9. The lowest BCUT2D eigenvalue weighted by Gasteiger charge is -2.12. The third-order valence-corrected chi connectivity index (χ3v) is 4.45. The molecule has 0 unspecified atom stereocenters. The van der Waals surface area contributed by atoms with Gasteiger partial charge in [-0.25, -0.2) is 0 Å². The van der Waals surface area contributed by atoms with Gasteiger partial charge in [-0.3, -0.25) is 0 Å². The maximum atomic E-state index is 2.41. The van der Waals surface area contributed by atoms with Gasteiger partial charge in [0.2, 0.25) is 5.52 Å². The lowest BCUT2D eigenvalue weighted by Crippen LogP contribution is -2.29. The molecule has 0 N–H and O–H groups in total. The van der Waals surface area contributed by atoms with E-state index in [-0.39, 0.29) is 0 Å². The third kappa shape index (κ3) is 1.35. The van der Waals surface area contributed by atoms with Crippen molar-refractivity contribution in [3.63, 3.8) is 0 Å². The van der Waals surface area contributed by atoms with Crippen LogP contribution in [-0.4, -0.2) is 0 Å². The average molecular weight is 260 g/mol. The van der Waals surface area contributed by atoms with Gasteiger partial charge in [0.05, 0.1) is 5.39 Å². The smallest absolute Gasteiger partial charge is 0.163 e. The van der Waals surface area contributed by atoms with E-state index in [4.69, 9.17) is 0 Å². The van der Waals surface area contributed by atoms with Crippen molar-refractivity contribution in [3.8, 4) is 0 Å². The predicted molar refractivity (Wildman–Crippen MR) is 84.6 cm³/mol. The van der Waals surface area contributed by atoms with Gasteiger partial charge >= 0.3 is 0 Å². The number of pyridine rings is 2. The Labute approximate surface area is 118 Å². The second kappa shape index (κ2) is 4.17. The first-order valence-corrected chi connectivity index (χ1v) is 7.44. The highest BCUT2D eigenvalue weighted by Gasteiger charge is 2.22. The summed E-state index contributed by atoms with van der Waals surface area (Å²) in [5.41, 5.74) is 4.31. The Bertz CT molecular complexity index is 844. The standard InChI is InChI=1S/C19H18N/c1-3-15-16-9-5-7-13-10-11-14-8-6-12-20(17(15)4-2)19(14)18(13)16/h5-12H,3-4H2,1-2H3/q+1. The van der Waals surface area contributed by atoms with Gasteiger partial charge in [0.25, 0.3) is 0 Å². The summed E-state index contributed by atoms with van der Waals surface area (Å²) < 4.78 is 2.41. The molecule has 0 radical (unpaired) electrons. The topological polar surface area (TPSA) is 4.10 Å². The van der Waals surface area contributed by atoms with E-state index in [1.807, 2.05) is 0 Å². The molecule has 0 aliphatic carbocycles. The monoisotopic (exact) mass is 260 g/mol. The number of aryl methyl sites for hydroxylation is 2. The highest BCUT2D eigenvalue weighted by atomic mass is 14.9. The lowest BCUT2D eigenvalue weighted by molar-refractivity contribution is -0.519. The lowest BCUT2D eigenvalue weighted by atomic mass is 9.94. The van der Waals surface area contributed by atoms with Crippen molar-refractivity contribution in [1.82, 2.24) is 0 Å². The summed E-state index contributed by atoms with van der Waals surface area (Å²) in [6.07, 6.45) is 4.36. The third-order valence-electron chi connectivity index (χ3n) is 4.45. The minimum atomic E-state index is 1.07. The highest BCUT2D eigenvalue weighted by Crippen LogP contribution is 2.31. The molecule has 0 fully saturated rings. The number of hydrogen-bond acceptors (Lipinski definition) is 0. The van der Waals surface area contributed by atoms with Crippen LogP contribution in [0.2, 0.25) is 0 Å². The minimum absolute atomic E-state index is 1.07. The summed E-state index contributed by atoms with van der Waals surface area (Å²) in [7, 11) is 0. The molecule has 2 aromatic heterocycles. The van der Waals surface area contributed by atoms with Crippen LogP contribution in [0.4, 0.5) is 0 Å². The van der Waals surface area contributed by atoms with Crippen LogP contribution in [0.3, 0.4) is 0 Å². The van der Waals surface area contributed by atoms with E-state index in [9.17, 15) is 0 Å². The molecule has 20 heavy (non-hydrogen) atoms. The van der Waals surface area contributed by atoms with Crippen molar-refractivity contribution in [3.05, 3.63) is 59.9 Å². The largest absolute Gasteiger partial charge is 0.226 e. The van der Waals surface area contributed by atoms with Crippen LogP contribution in [0.5, 0.6) is 0 Å². The fourth-order valence-electron chi connectivity index (χ4n) is 3.63. The molecular formula is C19H18N+. The molecule has 0 amide bonds. The zero-order valence-corrected chi connectivity index (χ0v) is 12.0. The van der Waals surface area contributed by atoms with Crippen molar-refractivity contribution >= 4 is 27.1 Å². The van der Waals surface area contributed by atoms with Gasteiger partial charge in [-0.1, -0.05) is 38.1 Å². The number of hydrogen-bond donors (Lipinski definition) is 0. The molecule has 0 bridgehead atoms. The SMILES string of the molecule is CCc1c(CC)[n+]2cccc3ccc4cccc1c4c32. The summed E-state index contributed by atoms with van der Waals surface area (Å²) in [5.74, 6) is 0. The van der Waals surface area contributed by atoms with Gasteiger partial charge in [-0.15, -0.1) is 0 Å². The number of benzene rings is 2. The van der Waals surface area contributed by atoms with Crippen LogP contribution in [0.25, 0.3) is 27.1 Å². The average Bonchev–Trinajstić information content (AvgIpc) is 2.51. The summed E-state index contributed by atoms with van der Waals surface area (Å²) in [4.78, 5) is 0. The zero-order chi connectivity index (χ0) is 13.7. The Morgan fingerprint density at radius 3 is 2.45 bits per heavy atom. The summed E-state index contributed by atoms with van der Waals surface area (Å²) in [6.45, 7) is 4.52. The van der Waals surface area contributed by atoms with Crippen molar-refractivity contribution in [2.75, 3.05) is 0 Å². The van der Waals surface area contributed by atoms with Gasteiger partial charge in [-0.2, -0.15) is 4.40 Å². The van der Waals surface area contributed by atoms with Crippen molar-refractivity contribution in [1.29, 1.82) is 0 Å². The van der Waals surface area contributed by atoms with E-state index in [1.54, 1.807) is 0 Å². The molecule has 0 spiro atoms. The van der Waals surface area contributed by atoms with Crippen molar-refractivity contribution < 1.29 is 4.40 Å². The van der Waals surface area contributed by atoms with Crippen LogP contribution in [0, 0.1) is 0 Å². The fraction of sp³-hybridized carbons (Fsp3) is 0.211. The fourth-order valence-corrected chi connectivity index (χ4v) is 3.63. The maximum absolute atomic E-state index is 2.41. The summed E-state index contributed by atoms with van der Waals surface area (Å²) >= 11 is 0. The summed E-state index contributed by atoms with van der Waals surface area (Å²) in [5, 5.41) is 5.52. The van der Waals surface area contributed by atoms with E-state index in [0.29, 0.717) is 0 Å². The molecular weight excluding hydrogens is 242 g/mol. The molecule has 0 saturated heterocycles. The Morgan fingerprint density at radius 2 is 1.65 bits per heavy atom. The molecule has 2 heterocycles. The van der Waals surface area contributed by atoms with Gasteiger partial charge < -0.3 is 0 Å². The Morgan fingerprint density at radius 1 is 0.850 bits per heavy atom. The minimum Gasteiger partial charge on any atom is -0.163 e. The highest BCUT2D eigenvalue weighted by molar-refractivity contribution is 6.13. The van der Waals surface area contributed by atoms with Crippen LogP contribution in [0.15, 0.2) is 48.7 Å². The first-order chi connectivity index (χ1) is 9.85. The van der Waals surface area contributed by atoms with E-state index in [0.717, 1.165) is 12.8 Å². The molecule has 4 rings (SSSR count). The molecule has 0 atom stereocenters. The summed E-state index contributed by atoms with van der Waals surface area (Å²) in [6, 6.07) is 15.5. The van der Waals surface area contributed by atoms with Crippen molar-refractivity contribution in [2.24, 2.45) is 0 Å². The van der Waals surface area contributed by atoms with Gasteiger partial charge in [0, 0.05) is 23.4 Å². The predicted octanol–water partition coefficient (Wildman–Crippen LogP) is 4.29. The molecule has 1 heteroatoms.